The summed E-state index contributed by atoms with van der Waals surface area (Å²) in [5.41, 5.74) is 0. The van der Waals surface area contributed by atoms with Crippen LogP contribution in [-0.4, -0.2) is 15.0 Å². The van der Waals surface area contributed by atoms with Gasteiger partial charge in [0.1, 0.15) is 0 Å². The SMILES string of the molecule is CCNS(=O)(=O)c1cccc2ccsc12. The van der Waals surface area contributed by atoms with Crippen LogP contribution in [0.4, 0.5) is 0 Å². The molecule has 0 bridgehead atoms. The summed E-state index contributed by atoms with van der Waals surface area (Å²) in [6.45, 7) is 2.18. The zero-order valence-electron chi connectivity index (χ0n) is 8.23. The Morgan fingerprint density at radius 2 is 2.13 bits per heavy atom. The molecule has 1 N–H and O–H groups in total. The Balaban J connectivity index is 2.66. The fraction of sp³-hybridized carbons (Fsp3) is 0.200. The summed E-state index contributed by atoms with van der Waals surface area (Å²) in [4.78, 5) is 0.372. The molecule has 0 fully saturated rings. The molecule has 15 heavy (non-hydrogen) atoms. The van der Waals surface area contributed by atoms with Crippen molar-refractivity contribution < 1.29 is 8.42 Å². The second-order valence-corrected chi connectivity index (χ2v) is 5.75. The summed E-state index contributed by atoms with van der Waals surface area (Å²) >= 11 is 1.45. The zero-order chi connectivity index (χ0) is 10.9. The van der Waals surface area contributed by atoms with Crippen LogP contribution < -0.4 is 4.72 Å². The molecule has 1 aromatic carbocycles. The third-order valence-corrected chi connectivity index (χ3v) is 4.75. The number of thiophene rings is 1. The maximum absolute atomic E-state index is 11.8. The van der Waals surface area contributed by atoms with E-state index >= 15 is 0 Å². The number of rotatable bonds is 3. The van der Waals surface area contributed by atoms with E-state index in [1.807, 2.05) is 17.5 Å². The van der Waals surface area contributed by atoms with Gasteiger partial charge in [-0.25, -0.2) is 13.1 Å². The van der Waals surface area contributed by atoms with Crippen LogP contribution in [0.25, 0.3) is 10.1 Å². The van der Waals surface area contributed by atoms with Gasteiger partial charge in [0.15, 0.2) is 0 Å². The summed E-state index contributed by atoms with van der Waals surface area (Å²) in [6.07, 6.45) is 0. The first-order valence-electron chi connectivity index (χ1n) is 4.61. The van der Waals surface area contributed by atoms with Crippen LogP contribution in [-0.2, 0) is 10.0 Å². The highest BCUT2D eigenvalue weighted by Gasteiger charge is 2.16. The van der Waals surface area contributed by atoms with Crippen molar-refractivity contribution in [2.24, 2.45) is 0 Å². The van der Waals surface area contributed by atoms with E-state index in [9.17, 15) is 8.42 Å². The van der Waals surface area contributed by atoms with E-state index < -0.39 is 10.0 Å². The first-order chi connectivity index (χ1) is 7.15. The van der Waals surface area contributed by atoms with Gasteiger partial charge in [-0.15, -0.1) is 11.3 Å². The quantitative estimate of drug-likeness (QED) is 0.895. The van der Waals surface area contributed by atoms with Crippen molar-refractivity contribution in [1.82, 2.24) is 4.72 Å². The second kappa shape index (κ2) is 3.92. The van der Waals surface area contributed by atoms with E-state index in [4.69, 9.17) is 0 Å². The summed E-state index contributed by atoms with van der Waals surface area (Å²) in [7, 11) is -3.35. The molecule has 0 aliphatic heterocycles. The minimum absolute atomic E-state index is 0.372. The van der Waals surface area contributed by atoms with Gasteiger partial charge in [-0.3, -0.25) is 0 Å². The number of fused-ring (bicyclic) bond motifs is 1. The van der Waals surface area contributed by atoms with E-state index in [1.54, 1.807) is 19.1 Å². The molecule has 0 radical (unpaired) electrons. The van der Waals surface area contributed by atoms with Crippen molar-refractivity contribution in [3.05, 3.63) is 29.6 Å². The molecule has 0 aliphatic carbocycles. The monoisotopic (exact) mass is 241 g/mol. The Labute approximate surface area is 92.8 Å². The minimum Gasteiger partial charge on any atom is -0.211 e. The van der Waals surface area contributed by atoms with Crippen molar-refractivity contribution in [2.45, 2.75) is 11.8 Å². The molecule has 0 saturated carbocycles. The van der Waals surface area contributed by atoms with Crippen molar-refractivity contribution in [2.75, 3.05) is 6.54 Å². The largest absolute Gasteiger partial charge is 0.241 e. The number of sulfonamides is 1. The van der Waals surface area contributed by atoms with Gasteiger partial charge in [-0.1, -0.05) is 19.1 Å². The summed E-state index contributed by atoms with van der Waals surface area (Å²) in [5.74, 6) is 0. The Bertz CT molecular complexity index is 572. The van der Waals surface area contributed by atoms with Crippen LogP contribution >= 0.6 is 11.3 Å². The average molecular weight is 241 g/mol. The van der Waals surface area contributed by atoms with Gasteiger partial charge in [0.2, 0.25) is 10.0 Å². The molecule has 0 unspecified atom stereocenters. The zero-order valence-corrected chi connectivity index (χ0v) is 9.86. The Kier molecular flexibility index (Phi) is 2.77. The fourth-order valence-electron chi connectivity index (χ4n) is 1.44. The number of hydrogen-bond donors (Lipinski definition) is 1. The molecular formula is C10H11NO2S2. The first-order valence-corrected chi connectivity index (χ1v) is 6.97. The van der Waals surface area contributed by atoms with Crippen molar-refractivity contribution >= 4 is 31.4 Å². The Morgan fingerprint density at radius 1 is 1.33 bits per heavy atom. The molecule has 0 saturated heterocycles. The molecular weight excluding hydrogens is 230 g/mol. The molecule has 2 rings (SSSR count). The van der Waals surface area contributed by atoms with Crippen LogP contribution in [0, 0.1) is 0 Å². The van der Waals surface area contributed by atoms with Gasteiger partial charge >= 0.3 is 0 Å². The normalized spacial score (nSPS) is 12.1. The lowest BCUT2D eigenvalue weighted by Gasteiger charge is -2.04. The van der Waals surface area contributed by atoms with Gasteiger partial charge < -0.3 is 0 Å². The Morgan fingerprint density at radius 3 is 2.87 bits per heavy atom. The maximum Gasteiger partial charge on any atom is 0.241 e. The van der Waals surface area contributed by atoms with Crippen LogP contribution in [0.3, 0.4) is 0 Å². The van der Waals surface area contributed by atoms with E-state index in [1.165, 1.54) is 11.3 Å². The van der Waals surface area contributed by atoms with Crippen molar-refractivity contribution in [1.29, 1.82) is 0 Å². The van der Waals surface area contributed by atoms with Gasteiger partial charge in [0.25, 0.3) is 0 Å². The molecule has 0 atom stereocenters. The fourth-order valence-corrected chi connectivity index (χ4v) is 3.88. The number of hydrogen-bond acceptors (Lipinski definition) is 3. The highest BCUT2D eigenvalue weighted by atomic mass is 32.2. The van der Waals surface area contributed by atoms with Crippen molar-refractivity contribution in [3.8, 4) is 0 Å². The van der Waals surface area contributed by atoms with E-state index in [-0.39, 0.29) is 0 Å². The van der Waals surface area contributed by atoms with Gasteiger partial charge in [-0.05, 0) is 22.9 Å². The number of benzene rings is 1. The second-order valence-electron chi connectivity index (χ2n) is 3.10. The van der Waals surface area contributed by atoms with E-state index in [0.717, 1.165) is 10.1 Å². The third kappa shape index (κ3) is 1.90. The lowest BCUT2D eigenvalue weighted by atomic mass is 10.3. The van der Waals surface area contributed by atoms with Crippen LogP contribution in [0.15, 0.2) is 34.5 Å². The highest BCUT2D eigenvalue weighted by molar-refractivity contribution is 7.90. The van der Waals surface area contributed by atoms with Crippen molar-refractivity contribution in [3.63, 3.8) is 0 Å². The number of nitrogens with one attached hydrogen (secondary N) is 1. The summed E-state index contributed by atoms with van der Waals surface area (Å²) in [5, 5.41) is 2.87. The highest BCUT2D eigenvalue weighted by Crippen LogP contribution is 2.27. The molecule has 0 amide bonds. The molecule has 2 aromatic rings. The summed E-state index contributed by atoms with van der Waals surface area (Å²) in [6, 6.07) is 7.23. The van der Waals surface area contributed by atoms with Gasteiger partial charge in [0, 0.05) is 6.54 Å². The molecule has 5 heteroatoms. The van der Waals surface area contributed by atoms with Gasteiger partial charge in [-0.2, -0.15) is 0 Å². The predicted octanol–water partition coefficient (Wildman–Crippen LogP) is 2.20. The smallest absolute Gasteiger partial charge is 0.211 e. The molecule has 3 nitrogen and oxygen atoms in total. The molecule has 0 spiro atoms. The molecule has 0 aliphatic rings. The van der Waals surface area contributed by atoms with E-state index in [2.05, 4.69) is 4.72 Å². The lowest BCUT2D eigenvalue weighted by molar-refractivity contribution is 0.585. The van der Waals surface area contributed by atoms with Gasteiger partial charge in [0.05, 0.1) is 9.60 Å². The first kappa shape index (κ1) is 10.6. The maximum atomic E-state index is 11.8. The topological polar surface area (TPSA) is 46.2 Å². The lowest BCUT2D eigenvalue weighted by Crippen LogP contribution is -2.23. The molecule has 1 aromatic heterocycles. The Hall–Kier alpha value is -0.910. The standard InChI is InChI=1S/C10H11NO2S2/c1-2-11-15(12,13)9-5-3-4-8-6-7-14-10(8)9/h3-7,11H,2H2,1H3. The van der Waals surface area contributed by atoms with Crippen LogP contribution in [0.1, 0.15) is 6.92 Å². The average Bonchev–Trinajstić information content (AvgIpc) is 2.64. The third-order valence-electron chi connectivity index (χ3n) is 2.07. The predicted molar refractivity (Wildman–Crippen MR) is 62.7 cm³/mol. The van der Waals surface area contributed by atoms with Crippen LogP contribution in [0.5, 0.6) is 0 Å². The van der Waals surface area contributed by atoms with E-state index in [0.29, 0.717) is 11.4 Å². The molecule has 1 heterocycles. The molecule has 80 valence electrons. The summed E-state index contributed by atoms with van der Waals surface area (Å²) < 4.78 is 27.0. The minimum atomic E-state index is -3.35. The van der Waals surface area contributed by atoms with Crippen LogP contribution in [0.2, 0.25) is 0 Å².